The molecule has 23 heavy (non-hydrogen) atoms. The van der Waals surface area contributed by atoms with Crippen molar-refractivity contribution >= 4 is 17.4 Å². The summed E-state index contributed by atoms with van der Waals surface area (Å²) in [5.74, 6) is 1.34. The van der Waals surface area contributed by atoms with Gasteiger partial charge in [0.15, 0.2) is 0 Å². The predicted molar refractivity (Wildman–Crippen MR) is 92.9 cm³/mol. The first-order chi connectivity index (χ1) is 11.1. The van der Waals surface area contributed by atoms with E-state index in [1.807, 2.05) is 30.5 Å². The zero-order chi connectivity index (χ0) is 16.2. The fourth-order valence-electron chi connectivity index (χ4n) is 2.96. The number of rotatable bonds is 4. The number of benzene rings is 1. The molecule has 120 valence electrons. The maximum Gasteiger partial charge on any atom is 0.287 e. The Kier molecular flexibility index (Phi) is 4.60. The van der Waals surface area contributed by atoms with Gasteiger partial charge in [0.25, 0.3) is 11.7 Å². The van der Waals surface area contributed by atoms with Gasteiger partial charge in [0.1, 0.15) is 5.56 Å². The fraction of sp³-hybridized carbons (Fsp3) is 0.368. The Morgan fingerprint density at radius 1 is 1.13 bits per heavy atom. The van der Waals surface area contributed by atoms with Gasteiger partial charge in [-0.25, -0.2) is 4.98 Å². The average molecular weight is 310 g/mol. The molecule has 0 spiro atoms. The molecular formula is C19H24N3O+. The minimum absolute atomic E-state index is 0.0685. The van der Waals surface area contributed by atoms with Gasteiger partial charge in [0, 0.05) is 5.69 Å². The molecule has 0 aliphatic carbocycles. The summed E-state index contributed by atoms with van der Waals surface area (Å²) < 4.78 is 0. The Balaban J connectivity index is 1.78. The molecule has 0 unspecified atom stereocenters. The standard InChI is InChI=1S/C19H23N3O/c1-14(2)15-7-9-16(10-8-15)21-19(23)17-6-5-11-20-18(17)22-12-3-4-13-22/h5-11,14H,3-4,12-13H2,1-2H3,(H,21,23)/p+1. The van der Waals surface area contributed by atoms with Crippen LogP contribution in [-0.2, 0) is 0 Å². The van der Waals surface area contributed by atoms with Crippen LogP contribution in [0.1, 0.15) is 48.5 Å². The first-order valence-electron chi connectivity index (χ1n) is 8.32. The highest BCUT2D eigenvalue weighted by atomic mass is 16.1. The molecule has 4 nitrogen and oxygen atoms in total. The number of H-pyrrole nitrogens is 1. The van der Waals surface area contributed by atoms with Gasteiger partial charge in [-0.3, -0.25) is 9.69 Å². The predicted octanol–water partition coefficient (Wildman–Crippen LogP) is 3.48. The van der Waals surface area contributed by atoms with E-state index in [1.165, 1.54) is 18.4 Å². The molecule has 2 heterocycles. The van der Waals surface area contributed by atoms with Crippen LogP contribution in [0, 0.1) is 0 Å². The Morgan fingerprint density at radius 2 is 1.83 bits per heavy atom. The smallest absolute Gasteiger partial charge is 0.287 e. The van der Waals surface area contributed by atoms with Crippen molar-refractivity contribution < 1.29 is 9.78 Å². The van der Waals surface area contributed by atoms with Crippen molar-refractivity contribution in [2.24, 2.45) is 0 Å². The van der Waals surface area contributed by atoms with Crippen LogP contribution >= 0.6 is 0 Å². The molecule has 1 fully saturated rings. The van der Waals surface area contributed by atoms with Gasteiger partial charge in [-0.05, 0) is 48.6 Å². The number of amides is 1. The molecule has 1 amide bonds. The third-order valence-electron chi connectivity index (χ3n) is 4.34. The maximum absolute atomic E-state index is 12.7. The largest absolute Gasteiger partial charge is 0.322 e. The number of aromatic nitrogens is 1. The van der Waals surface area contributed by atoms with Crippen LogP contribution in [0.25, 0.3) is 0 Å². The lowest BCUT2D eigenvalue weighted by atomic mass is 10.0. The van der Waals surface area contributed by atoms with E-state index < -0.39 is 0 Å². The average Bonchev–Trinajstić information content (AvgIpc) is 3.09. The number of aromatic amines is 1. The van der Waals surface area contributed by atoms with Crippen molar-refractivity contribution in [3.05, 3.63) is 53.7 Å². The second-order valence-corrected chi connectivity index (χ2v) is 6.36. The van der Waals surface area contributed by atoms with Crippen molar-refractivity contribution in [2.45, 2.75) is 32.6 Å². The topological polar surface area (TPSA) is 46.5 Å². The van der Waals surface area contributed by atoms with Crippen LogP contribution < -0.4 is 15.2 Å². The van der Waals surface area contributed by atoms with Crippen molar-refractivity contribution in [1.29, 1.82) is 0 Å². The summed E-state index contributed by atoms with van der Waals surface area (Å²) in [6, 6.07) is 11.8. The molecule has 0 atom stereocenters. The summed E-state index contributed by atoms with van der Waals surface area (Å²) in [5, 5.41) is 3.00. The third-order valence-corrected chi connectivity index (χ3v) is 4.34. The minimum atomic E-state index is -0.0685. The molecule has 0 bridgehead atoms. The normalized spacial score (nSPS) is 14.3. The van der Waals surface area contributed by atoms with Crippen LogP contribution in [0.5, 0.6) is 0 Å². The second kappa shape index (κ2) is 6.82. The number of carbonyl (C=O) groups is 1. The molecule has 3 rings (SSSR count). The molecule has 1 aliphatic heterocycles. The van der Waals surface area contributed by atoms with Gasteiger partial charge in [-0.2, -0.15) is 0 Å². The molecule has 0 saturated carbocycles. The highest BCUT2D eigenvalue weighted by Crippen LogP contribution is 2.22. The SMILES string of the molecule is CC(C)c1ccc(NC(=O)c2ccc[nH+]c2N2CCCC2)cc1. The molecule has 1 saturated heterocycles. The highest BCUT2D eigenvalue weighted by Gasteiger charge is 2.26. The first-order valence-corrected chi connectivity index (χ1v) is 8.32. The zero-order valence-electron chi connectivity index (χ0n) is 13.8. The summed E-state index contributed by atoms with van der Waals surface area (Å²) in [4.78, 5) is 18.1. The maximum atomic E-state index is 12.7. The van der Waals surface area contributed by atoms with Gasteiger partial charge in [0.05, 0.1) is 19.3 Å². The van der Waals surface area contributed by atoms with Crippen molar-refractivity contribution in [3.8, 4) is 0 Å². The van der Waals surface area contributed by atoms with Gasteiger partial charge in [0.2, 0.25) is 0 Å². The zero-order valence-corrected chi connectivity index (χ0v) is 13.8. The van der Waals surface area contributed by atoms with Crippen molar-refractivity contribution in [2.75, 3.05) is 23.3 Å². The van der Waals surface area contributed by atoms with E-state index in [2.05, 4.69) is 41.2 Å². The summed E-state index contributed by atoms with van der Waals surface area (Å²) >= 11 is 0. The molecule has 2 aromatic rings. The van der Waals surface area contributed by atoms with E-state index in [-0.39, 0.29) is 5.91 Å². The molecule has 1 aromatic heterocycles. The second-order valence-electron chi connectivity index (χ2n) is 6.36. The molecule has 1 aromatic carbocycles. The fourth-order valence-corrected chi connectivity index (χ4v) is 2.96. The minimum Gasteiger partial charge on any atom is -0.322 e. The lowest BCUT2D eigenvalue weighted by molar-refractivity contribution is -0.364. The number of nitrogens with zero attached hydrogens (tertiary/aromatic N) is 1. The van der Waals surface area contributed by atoms with E-state index in [0.717, 1.165) is 24.6 Å². The van der Waals surface area contributed by atoms with Gasteiger partial charge < -0.3 is 5.32 Å². The Hall–Kier alpha value is -2.36. The quantitative estimate of drug-likeness (QED) is 0.940. The van der Waals surface area contributed by atoms with E-state index in [4.69, 9.17) is 0 Å². The number of pyridine rings is 1. The molecular weight excluding hydrogens is 286 g/mol. The molecule has 4 heteroatoms. The van der Waals surface area contributed by atoms with Gasteiger partial charge in [-0.15, -0.1) is 0 Å². The summed E-state index contributed by atoms with van der Waals surface area (Å²) in [6.45, 7) is 6.33. The van der Waals surface area contributed by atoms with E-state index in [1.54, 1.807) is 0 Å². The van der Waals surface area contributed by atoms with Gasteiger partial charge >= 0.3 is 0 Å². The van der Waals surface area contributed by atoms with Crippen molar-refractivity contribution in [1.82, 2.24) is 0 Å². The lowest BCUT2D eigenvalue weighted by Crippen LogP contribution is -2.29. The van der Waals surface area contributed by atoms with Crippen molar-refractivity contribution in [3.63, 3.8) is 0 Å². The number of carbonyl (C=O) groups excluding carboxylic acids is 1. The number of hydrogen-bond donors (Lipinski definition) is 1. The monoisotopic (exact) mass is 310 g/mol. The number of hydrogen-bond acceptors (Lipinski definition) is 2. The van der Waals surface area contributed by atoms with Crippen LogP contribution in [-0.4, -0.2) is 19.0 Å². The summed E-state index contributed by atoms with van der Waals surface area (Å²) in [7, 11) is 0. The summed E-state index contributed by atoms with van der Waals surface area (Å²) in [6.07, 6.45) is 4.24. The Labute approximate surface area is 137 Å². The highest BCUT2D eigenvalue weighted by molar-refractivity contribution is 6.07. The van der Waals surface area contributed by atoms with E-state index >= 15 is 0 Å². The van der Waals surface area contributed by atoms with Crippen LogP contribution in [0.2, 0.25) is 0 Å². The Bertz CT molecular complexity index is 673. The molecule has 1 aliphatic rings. The van der Waals surface area contributed by atoms with Gasteiger partial charge in [-0.1, -0.05) is 26.0 Å². The Morgan fingerprint density at radius 3 is 2.48 bits per heavy atom. The van der Waals surface area contributed by atoms with Crippen LogP contribution in [0.3, 0.4) is 0 Å². The van der Waals surface area contributed by atoms with E-state index in [9.17, 15) is 4.79 Å². The van der Waals surface area contributed by atoms with Crippen LogP contribution in [0.4, 0.5) is 11.5 Å². The first kappa shape index (κ1) is 15.5. The molecule has 0 radical (unpaired) electrons. The summed E-state index contributed by atoms with van der Waals surface area (Å²) in [5.41, 5.74) is 2.80. The number of anilines is 2. The molecule has 2 N–H and O–H groups in total. The van der Waals surface area contributed by atoms with E-state index in [0.29, 0.717) is 11.5 Å². The van der Waals surface area contributed by atoms with Crippen LogP contribution in [0.15, 0.2) is 42.6 Å². The lowest BCUT2D eigenvalue weighted by Gasteiger charge is -2.13. The third kappa shape index (κ3) is 3.52. The number of nitrogens with one attached hydrogen (secondary N) is 2.